The summed E-state index contributed by atoms with van der Waals surface area (Å²) >= 11 is 0. The molecule has 1 aromatic rings. The summed E-state index contributed by atoms with van der Waals surface area (Å²) in [5.74, 6) is -0.102. The molecule has 0 radical (unpaired) electrons. The second-order valence-electron chi connectivity index (χ2n) is 4.24. The van der Waals surface area contributed by atoms with Crippen LogP contribution in [-0.4, -0.2) is 24.8 Å². The predicted molar refractivity (Wildman–Crippen MR) is 68.8 cm³/mol. The first kappa shape index (κ1) is 14.5. The summed E-state index contributed by atoms with van der Waals surface area (Å²) in [5, 5.41) is 10.1. The molecule has 0 aromatic heterocycles. The smallest absolute Gasteiger partial charge is 0.339 e. The molecule has 4 heteroatoms. The van der Waals surface area contributed by atoms with Crippen LogP contribution in [0, 0.1) is 20.8 Å². The highest BCUT2D eigenvalue weighted by Crippen LogP contribution is 2.34. The zero-order valence-electron chi connectivity index (χ0n) is 11.5. The summed E-state index contributed by atoms with van der Waals surface area (Å²) in [7, 11) is 1.53. The minimum atomic E-state index is -1.31. The van der Waals surface area contributed by atoms with Crippen molar-refractivity contribution in [2.24, 2.45) is 0 Å². The molecule has 1 unspecified atom stereocenters. The number of benzene rings is 1. The fourth-order valence-electron chi connectivity index (χ4n) is 2.01. The Hall–Kier alpha value is -1.55. The van der Waals surface area contributed by atoms with Gasteiger partial charge in [0.25, 0.3) is 0 Å². The summed E-state index contributed by atoms with van der Waals surface area (Å²) < 4.78 is 10.2. The normalized spacial score (nSPS) is 12.1. The maximum atomic E-state index is 11.6. The third-order valence-electron chi connectivity index (χ3n) is 3.02. The van der Waals surface area contributed by atoms with E-state index in [0.29, 0.717) is 11.3 Å². The van der Waals surface area contributed by atoms with Gasteiger partial charge in [-0.25, -0.2) is 4.79 Å². The van der Waals surface area contributed by atoms with E-state index in [4.69, 9.17) is 9.47 Å². The highest BCUT2D eigenvalue weighted by molar-refractivity contribution is 5.78. The summed E-state index contributed by atoms with van der Waals surface area (Å²) in [4.78, 5) is 11.6. The van der Waals surface area contributed by atoms with Gasteiger partial charge in [-0.15, -0.1) is 0 Å². The van der Waals surface area contributed by atoms with Crippen molar-refractivity contribution >= 4 is 5.97 Å². The van der Waals surface area contributed by atoms with E-state index in [9.17, 15) is 9.90 Å². The summed E-state index contributed by atoms with van der Waals surface area (Å²) in [5.41, 5.74) is 3.28. The minimum absolute atomic E-state index is 0.238. The molecule has 4 nitrogen and oxygen atoms in total. The van der Waals surface area contributed by atoms with Crippen LogP contribution in [0.5, 0.6) is 5.75 Å². The van der Waals surface area contributed by atoms with Crippen molar-refractivity contribution in [3.8, 4) is 5.75 Å². The molecule has 0 aliphatic rings. The van der Waals surface area contributed by atoms with Crippen LogP contribution in [0.4, 0.5) is 0 Å². The SMILES string of the molecule is CCOC(=O)C(O)c1c(C)cc(C)c(C)c1OC. The van der Waals surface area contributed by atoms with E-state index in [-0.39, 0.29) is 6.61 Å². The van der Waals surface area contributed by atoms with Gasteiger partial charge in [-0.05, 0) is 44.4 Å². The number of hydrogen-bond donors (Lipinski definition) is 1. The number of rotatable bonds is 4. The molecule has 1 atom stereocenters. The molecule has 0 fully saturated rings. The number of aryl methyl sites for hydroxylation is 2. The van der Waals surface area contributed by atoms with E-state index in [0.717, 1.165) is 16.7 Å². The highest BCUT2D eigenvalue weighted by Gasteiger charge is 2.26. The van der Waals surface area contributed by atoms with Gasteiger partial charge in [-0.2, -0.15) is 0 Å². The van der Waals surface area contributed by atoms with Crippen molar-refractivity contribution in [1.29, 1.82) is 0 Å². The third kappa shape index (κ3) is 2.64. The van der Waals surface area contributed by atoms with Gasteiger partial charge in [0.1, 0.15) is 5.75 Å². The zero-order chi connectivity index (χ0) is 13.9. The Balaban J connectivity index is 3.31. The first-order valence-corrected chi connectivity index (χ1v) is 5.93. The van der Waals surface area contributed by atoms with Crippen molar-refractivity contribution in [3.63, 3.8) is 0 Å². The maximum Gasteiger partial charge on any atom is 0.339 e. The predicted octanol–water partition coefficient (Wildman–Crippen LogP) is 2.22. The molecule has 1 aromatic carbocycles. The van der Waals surface area contributed by atoms with Crippen LogP contribution in [0.1, 0.15) is 35.3 Å². The fraction of sp³-hybridized carbons (Fsp3) is 0.500. The molecule has 0 bridgehead atoms. The number of esters is 1. The van der Waals surface area contributed by atoms with Gasteiger partial charge in [0.05, 0.1) is 13.7 Å². The Bertz CT molecular complexity index is 452. The fourth-order valence-corrected chi connectivity index (χ4v) is 2.01. The van der Waals surface area contributed by atoms with Crippen LogP contribution >= 0.6 is 0 Å². The van der Waals surface area contributed by atoms with Crippen molar-refractivity contribution in [1.82, 2.24) is 0 Å². The largest absolute Gasteiger partial charge is 0.496 e. The lowest BCUT2D eigenvalue weighted by molar-refractivity contribution is -0.153. The monoisotopic (exact) mass is 252 g/mol. The van der Waals surface area contributed by atoms with Crippen LogP contribution in [0.25, 0.3) is 0 Å². The Morgan fingerprint density at radius 3 is 2.44 bits per heavy atom. The van der Waals surface area contributed by atoms with Crippen molar-refractivity contribution in [3.05, 3.63) is 28.3 Å². The van der Waals surface area contributed by atoms with Crippen LogP contribution < -0.4 is 4.74 Å². The van der Waals surface area contributed by atoms with Gasteiger partial charge in [0.2, 0.25) is 0 Å². The summed E-state index contributed by atoms with van der Waals surface area (Å²) in [6, 6.07) is 1.93. The molecule has 1 rings (SSSR count). The van der Waals surface area contributed by atoms with Crippen LogP contribution in [-0.2, 0) is 9.53 Å². The molecule has 0 aliphatic carbocycles. The van der Waals surface area contributed by atoms with E-state index in [1.165, 1.54) is 7.11 Å². The first-order valence-electron chi connectivity index (χ1n) is 5.93. The maximum absolute atomic E-state index is 11.6. The first-order chi connectivity index (χ1) is 8.43. The van der Waals surface area contributed by atoms with Crippen molar-refractivity contribution in [2.45, 2.75) is 33.8 Å². The average Bonchev–Trinajstić information content (AvgIpc) is 2.32. The average molecular weight is 252 g/mol. The Kier molecular flexibility index (Phi) is 4.73. The van der Waals surface area contributed by atoms with Crippen molar-refractivity contribution < 1.29 is 19.4 Å². The van der Waals surface area contributed by atoms with Crippen LogP contribution in [0.3, 0.4) is 0 Å². The Morgan fingerprint density at radius 2 is 1.94 bits per heavy atom. The molecule has 0 spiro atoms. The van der Waals surface area contributed by atoms with E-state index in [1.54, 1.807) is 6.92 Å². The number of aliphatic hydroxyl groups is 1. The molecule has 18 heavy (non-hydrogen) atoms. The Morgan fingerprint density at radius 1 is 1.33 bits per heavy atom. The number of hydrogen-bond acceptors (Lipinski definition) is 4. The van der Waals surface area contributed by atoms with Gasteiger partial charge in [-0.3, -0.25) is 0 Å². The van der Waals surface area contributed by atoms with E-state index >= 15 is 0 Å². The highest BCUT2D eigenvalue weighted by atomic mass is 16.5. The van der Waals surface area contributed by atoms with Gasteiger partial charge in [0, 0.05) is 5.56 Å². The molecule has 100 valence electrons. The van der Waals surface area contributed by atoms with Gasteiger partial charge in [0.15, 0.2) is 6.10 Å². The number of methoxy groups -OCH3 is 1. The number of carbonyl (C=O) groups is 1. The van der Waals surface area contributed by atoms with E-state index < -0.39 is 12.1 Å². The lowest BCUT2D eigenvalue weighted by atomic mass is 9.95. The topological polar surface area (TPSA) is 55.8 Å². The quantitative estimate of drug-likeness (QED) is 0.835. The Labute approximate surface area is 108 Å². The van der Waals surface area contributed by atoms with Gasteiger partial charge < -0.3 is 14.6 Å². The molecular weight excluding hydrogens is 232 g/mol. The lowest BCUT2D eigenvalue weighted by Gasteiger charge is -2.19. The van der Waals surface area contributed by atoms with E-state index in [2.05, 4.69) is 0 Å². The van der Waals surface area contributed by atoms with E-state index in [1.807, 2.05) is 26.8 Å². The molecule has 1 N–H and O–H groups in total. The summed E-state index contributed by atoms with van der Waals surface area (Å²) in [6.07, 6.45) is -1.31. The van der Waals surface area contributed by atoms with Crippen LogP contribution in [0.2, 0.25) is 0 Å². The van der Waals surface area contributed by atoms with Crippen LogP contribution in [0.15, 0.2) is 6.07 Å². The molecular formula is C14H20O4. The molecule has 0 saturated carbocycles. The second-order valence-corrected chi connectivity index (χ2v) is 4.24. The summed E-state index contributed by atoms with van der Waals surface area (Å²) in [6.45, 7) is 7.64. The lowest BCUT2D eigenvalue weighted by Crippen LogP contribution is -2.18. The zero-order valence-corrected chi connectivity index (χ0v) is 11.5. The number of ether oxygens (including phenoxy) is 2. The second kappa shape index (κ2) is 5.87. The number of carbonyl (C=O) groups excluding carboxylic acids is 1. The number of aliphatic hydroxyl groups excluding tert-OH is 1. The molecule has 0 amide bonds. The molecule has 0 saturated heterocycles. The van der Waals surface area contributed by atoms with Gasteiger partial charge in [-0.1, -0.05) is 6.07 Å². The van der Waals surface area contributed by atoms with Gasteiger partial charge >= 0.3 is 5.97 Å². The molecule has 0 heterocycles. The standard InChI is InChI=1S/C14H20O4/c1-6-18-14(16)12(15)11-9(3)7-8(2)10(4)13(11)17-5/h7,12,15H,6H2,1-5H3. The van der Waals surface area contributed by atoms with Crippen molar-refractivity contribution in [2.75, 3.05) is 13.7 Å². The third-order valence-corrected chi connectivity index (χ3v) is 3.02. The minimum Gasteiger partial charge on any atom is -0.496 e. The molecule has 0 aliphatic heterocycles.